The molecule has 2 aliphatic rings. The first-order valence-electron chi connectivity index (χ1n) is 9.02. The summed E-state index contributed by atoms with van der Waals surface area (Å²) in [7, 11) is 3.84. The van der Waals surface area contributed by atoms with Crippen molar-refractivity contribution in [2.24, 2.45) is 5.92 Å². The van der Waals surface area contributed by atoms with Gasteiger partial charge in [-0.2, -0.15) is 0 Å². The number of hydrogen-bond donors (Lipinski definition) is 1. The van der Waals surface area contributed by atoms with Gasteiger partial charge >= 0.3 is 6.03 Å². The Hall–Kier alpha value is -2.31. The van der Waals surface area contributed by atoms with E-state index in [1.54, 1.807) is 12.3 Å². The van der Waals surface area contributed by atoms with E-state index in [1.807, 2.05) is 34.9 Å². The third-order valence-electron chi connectivity index (χ3n) is 4.98. The minimum Gasteiger partial charge on any atom is -0.363 e. The lowest BCUT2D eigenvalue weighted by Crippen LogP contribution is -2.47. The van der Waals surface area contributed by atoms with Crippen molar-refractivity contribution in [2.45, 2.75) is 25.7 Å². The quantitative estimate of drug-likeness (QED) is 0.910. The molecule has 0 atom stereocenters. The number of rotatable bonds is 3. The van der Waals surface area contributed by atoms with Crippen molar-refractivity contribution < 1.29 is 9.59 Å². The Morgan fingerprint density at radius 2 is 1.76 bits per heavy atom. The highest BCUT2D eigenvalue weighted by Crippen LogP contribution is 2.22. The van der Waals surface area contributed by atoms with Gasteiger partial charge in [-0.3, -0.25) is 4.79 Å². The molecule has 0 radical (unpaired) electrons. The average Bonchev–Trinajstić information content (AvgIpc) is 3.16. The number of anilines is 2. The molecule has 1 N–H and O–H groups in total. The van der Waals surface area contributed by atoms with E-state index in [0.29, 0.717) is 13.1 Å². The Morgan fingerprint density at radius 1 is 1.12 bits per heavy atom. The third kappa shape index (κ3) is 4.21. The van der Waals surface area contributed by atoms with Crippen molar-refractivity contribution in [3.8, 4) is 0 Å². The average molecular weight is 345 g/mol. The van der Waals surface area contributed by atoms with Crippen LogP contribution < -0.4 is 10.2 Å². The Balaban J connectivity index is 1.51. The molecule has 7 nitrogen and oxygen atoms in total. The third-order valence-corrected chi connectivity index (χ3v) is 4.98. The number of carbonyl (C=O) groups excluding carboxylic acids is 2. The summed E-state index contributed by atoms with van der Waals surface area (Å²) in [6, 6.07) is 3.81. The lowest BCUT2D eigenvalue weighted by molar-refractivity contribution is -0.121. The smallest absolute Gasteiger partial charge is 0.319 e. The Bertz CT molecular complexity index is 620. The SMILES string of the molecule is CN(C)c1cc(NC(=O)C2CCN(C(=O)N3CCCC3)CC2)ccn1. The second-order valence-electron chi connectivity index (χ2n) is 7.02. The summed E-state index contributed by atoms with van der Waals surface area (Å²) in [5.74, 6) is 0.798. The molecule has 3 heterocycles. The van der Waals surface area contributed by atoms with Crippen LogP contribution in [0.5, 0.6) is 0 Å². The van der Waals surface area contributed by atoms with Gasteiger partial charge < -0.3 is 20.0 Å². The second kappa shape index (κ2) is 7.72. The van der Waals surface area contributed by atoms with Gasteiger partial charge in [0.25, 0.3) is 0 Å². The number of urea groups is 1. The second-order valence-corrected chi connectivity index (χ2v) is 7.02. The number of piperidine rings is 1. The molecule has 2 saturated heterocycles. The van der Waals surface area contributed by atoms with Crippen LogP contribution in [-0.4, -0.2) is 67.0 Å². The van der Waals surface area contributed by atoms with Crippen LogP contribution in [0.4, 0.5) is 16.3 Å². The van der Waals surface area contributed by atoms with Crippen LogP contribution in [0, 0.1) is 5.92 Å². The minimum atomic E-state index is -0.0430. The zero-order valence-corrected chi connectivity index (χ0v) is 15.1. The largest absolute Gasteiger partial charge is 0.363 e. The highest BCUT2D eigenvalue weighted by molar-refractivity contribution is 5.93. The zero-order chi connectivity index (χ0) is 17.8. The number of nitrogens with zero attached hydrogens (tertiary/aromatic N) is 4. The van der Waals surface area contributed by atoms with Crippen molar-refractivity contribution in [3.05, 3.63) is 18.3 Å². The predicted molar refractivity (Wildman–Crippen MR) is 97.7 cm³/mol. The molecule has 0 aromatic carbocycles. The van der Waals surface area contributed by atoms with Crippen LogP contribution in [0.3, 0.4) is 0 Å². The first-order valence-corrected chi connectivity index (χ1v) is 9.02. The molecule has 2 aliphatic heterocycles. The highest BCUT2D eigenvalue weighted by atomic mass is 16.2. The standard InChI is InChI=1S/C18H27N5O2/c1-21(2)16-13-15(5-8-19-16)20-17(24)14-6-11-23(12-7-14)18(25)22-9-3-4-10-22/h5,8,13-14H,3-4,6-7,9-12H2,1-2H3,(H,19,20,24). The summed E-state index contributed by atoms with van der Waals surface area (Å²) in [6.07, 6.45) is 5.34. The van der Waals surface area contributed by atoms with Gasteiger partial charge in [0.15, 0.2) is 0 Å². The van der Waals surface area contributed by atoms with E-state index in [0.717, 1.165) is 50.3 Å². The number of aromatic nitrogens is 1. The summed E-state index contributed by atoms with van der Waals surface area (Å²) in [5, 5.41) is 2.99. The van der Waals surface area contributed by atoms with Gasteiger partial charge in [0, 0.05) is 64.1 Å². The zero-order valence-electron chi connectivity index (χ0n) is 15.1. The molecule has 0 unspecified atom stereocenters. The molecule has 3 amide bonds. The topological polar surface area (TPSA) is 68.8 Å². The number of carbonyl (C=O) groups is 2. The van der Waals surface area contributed by atoms with Crippen LogP contribution in [0.25, 0.3) is 0 Å². The first-order chi connectivity index (χ1) is 12.0. The monoisotopic (exact) mass is 345 g/mol. The maximum atomic E-state index is 12.5. The molecule has 1 aromatic heterocycles. The molecule has 0 spiro atoms. The summed E-state index contributed by atoms with van der Waals surface area (Å²) in [6.45, 7) is 3.06. The van der Waals surface area contributed by atoms with Crippen molar-refractivity contribution in [1.29, 1.82) is 0 Å². The fraction of sp³-hybridized carbons (Fsp3) is 0.611. The first kappa shape index (κ1) is 17.5. The Labute approximate surface area is 149 Å². The summed E-state index contributed by atoms with van der Waals surface area (Å²) in [5.41, 5.74) is 0.763. The predicted octanol–water partition coefficient (Wildman–Crippen LogP) is 2.01. The summed E-state index contributed by atoms with van der Waals surface area (Å²) in [4.78, 5) is 34.9. The highest BCUT2D eigenvalue weighted by Gasteiger charge is 2.30. The van der Waals surface area contributed by atoms with Gasteiger partial charge in [0.2, 0.25) is 5.91 Å². The molecule has 2 fully saturated rings. The number of nitrogens with one attached hydrogen (secondary N) is 1. The summed E-state index contributed by atoms with van der Waals surface area (Å²) >= 11 is 0. The van der Waals surface area contributed by atoms with E-state index in [2.05, 4.69) is 10.3 Å². The van der Waals surface area contributed by atoms with Crippen molar-refractivity contribution in [3.63, 3.8) is 0 Å². The maximum absolute atomic E-state index is 12.5. The van der Waals surface area contributed by atoms with E-state index in [4.69, 9.17) is 0 Å². The van der Waals surface area contributed by atoms with Gasteiger partial charge in [-0.05, 0) is 31.7 Å². The van der Waals surface area contributed by atoms with Gasteiger partial charge in [0.1, 0.15) is 5.82 Å². The van der Waals surface area contributed by atoms with Crippen LogP contribution in [0.15, 0.2) is 18.3 Å². The summed E-state index contributed by atoms with van der Waals surface area (Å²) < 4.78 is 0. The lowest BCUT2D eigenvalue weighted by atomic mass is 9.96. The molecule has 7 heteroatoms. The number of hydrogen-bond acceptors (Lipinski definition) is 4. The molecule has 136 valence electrons. The molecule has 0 bridgehead atoms. The molecule has 3 rings (SSSR count). The van der Waals surface area contributed by atoms with Gasteiger partial charge in [-0.1, -0.05) is 0 Å². The fourth-order valence-electron chi connectivity index (χ4n) is 3.43. The van der Waals surface area contributed by atoms with Crippen LogP contribution in [0.1, 0.15) is 25.7 Å². The van der Waals surface area contributed by atoms with Gasteiger partial charge in [-0.25, -0.2) is 9.78 Å². The van der Waals surface area contributed by atoms with Gasteiger partial charge in [0.05, 0.1) is 0 Å². The van der Waals surface area contributed by atoms with Crippen molar-refractivity contribution in [1.82, 2.24) is 14.8 Å². The molecular weight excluding hydrogens is 318 g/mol. The van der Waals surface area contributed by atoms with Crippen LogP contribution in [0.2, 0.25) is 0 Å². The van der Waals surface area contributed by atoms with E-state index >= 15 is 0 Å². The normalized spacial score (nSPS) is 18.3. The van der Waals surface area contributed by atoms with E-state index in [-0.39, 0.29) is 17.9 Å². The van der Waals surface area contributed by atoms with E-state index < -0.39 is 0 Å². The Kier molecular flexibility index (Phi) is 5.40. The maximum Gasteiger partial charge on any atom is 0.319 e. The Morgan fingerprint density at radius 3 is 2.40 bits per heavy atom. The molecule has 1 aromatic rings. The molecule has 0 saturated carbocycles. The van der Waals surface area contributed by atoms with Crippen molar-refractivity contribution >= 4 is 23.4 Å². The minimum absolute atomic E-state index is 0.0316. The fourth-order valence-corrected chi connectivity index (χ4v) is 3.43. The van der Waals surface area contributed by atoms with Gasteiger partial charge in [-0.15, -0.1) is 0 Å². The number of amides is 3. The molecule has 25 heavy (non-hydrogen) atoms. The van der Waals surface area contributed by atoms with Crippen molar-refractivity contribution in [2.75, 3.05) is 50.5 Å². The molecular formula is C18H27N5O2. The van der Waals surface area contributed by atoms with Crippen LogP contribution in [-0.2, 0) is 4.79 Å². The number of likely N-dealkylation sites (tertiary alicyclic amines) is 2. The number of pyridine rings is 1. The molecule has 0 aliphatic carbocycles. The lowest BCUT2D eigenvalue weighted by Gasteiger charge is -2.34. The van der Waals surface area contributed by atoms with Crippen LogP contribution >= 0.6 is 0 Å². The van der Waals surface area contributed by atoms with E-state index in [1.165, 1.54) is 0 Å². The van der Waals surface area contributed by atoms with E-state index in [9.17, 15) is 9.59 Å².